The minimum Gasteiger partial charge on any atom is -0.351 e. The molecule has 1 aliphatic heterocycles. The van der Waals surface area contributed by atoms with Gasteiger partial charge in [0.1, 0.15) is 5.82 Å². The Hall–Kier alpha value is -2.18. The van der Waals surface area contributed by atoms with E-state index in [2.05, 4.69) is 46.4 Å². The number of rotatable bonds is 6. The van der Waals surface area contributed by atoms with E-state index in [0.29, 0.717) is 18.9 Å². The summed E-state index contributed by atoms with van der Waals surface area (Å²) in [6.45, 7) is 5.59. The molecule has 1 unspecified atom stereocenters. The van der Waals surface area contributed by atoms with Gasteiger partial charge in [0.15, 0.2) is 0 Å². The zero-order chi connectivity index (χ0) is 18.6. The van der Waals surface area contributed by atoms with Crippen LogP contribution >= 0.6 is 11.3 Å². The van der Waals surface area contributed by atoms with Crippen LogP contribution in [0.1, 0.15) is 41.4 Å². The van der Waals surface area contributed by atoms with Crippen LogP contribution < -0.4 is 5.32 Å². The first-order valence-corrected chi connectivity index (χ1v) is 10.5. The number of nitrogens with one attached hydrogen (secondary N) is 2. The fourth-order valence-corrected chi connectivity index (χ4v) is 4.46. The summed E-state index contributed by atoms with van der Waals surface area (Å²) in [5.74, 6) is 1.63. The average molecular weight is 383 g/mol. The number of hydrogen-bond donors (Lipinski definition) is 2. The fraction of sp³-hybridized carbons (Fsp3) is 0.429. The topological polar surface area (TPSA) is 61.0 Å². The summed E-state index contributed by atoms with van der Waals surface area (Å²) in [6, 6.07) is 10.3. The third kappa shape index (κ3) is 4.39. The number of benzene rings is 1. The zero-order valence-corrected chi connectivity index (χ0v) is 16.5. The molecule has 3 aromatic rings. The lowest BCUT2D eigenvalue weighted by Crippen LogP contribution is -2.37. The molecule has 2 N–H and O–H groups in total. The van der Waals surface area contributed by atoms with Crippen LogP contribution in [0.5, 0.6) is 0 Å². The van der Waals surface area contributed by atoms with E-state index in [1.54, 1.807) is 11.3 Å². The lowest BCUT2D eigenvalue weighted by Gasteiger charge is -2.31. The van der Waals surface area contributed by atoms with E-state index in [1.165, 1.54) is 10.4 Å². The molecule has 0 saturated carbocycles. The van der Waals surface area contributed by atoms with Gasteiger partial charge in [-0.1, -0.05) is 18.2 Å². The molecule has 2 aromatic heterocycles. The van der Waals surface area contributed by atoms with Gasteiger partial charge >= 0.3 is 0 Å². The number of fused-ring (bicyclic) bond motifs is 1. The number of H-pyrrole nitrogens is 1. The Kier molecular flexibility index (Phi) is 5.55. The Morgan fingerprint density at radius 1 is 1.37 bits per heavy atom. The Balaban J connectivity index is 1.31. The second-order valence-corrected chi connectivity index (χ2v) is 8.37. The van der Waals surface area contributed by atoms with E-state index in [4.69, 9.17) is 4.98 Å². The Morgan fingerprint density at radius 2 is 2.30 bits per heavy atom. The molecule has 1 amide bonds. The van der Waals surface area contributed by atoms with Crippen LogP contribution in [0, 0.1) is 6.92 Å². The van der Waals surface area contributed by atoms with E-state index in [9.17, 15) is 4.79 Å². The molecule has 5 nitrogen and oxygen atoms in total. The lowest BCUT2D eigenvalue weighted by atomic mass is 9.97. The van der Waals surface area contributed by atoms with Crippen LogP contribution in [0.15, 0.2) is 35.7 Å². The van der Waals surface area contributed by atoms with E-state index in [1.807, 2.05) is 11.4 Å². The number of carbonyl (C=O) groups is 1. The van der Waals surface area contributed by atoms with Crippen LogP contribution in [0.2, 0.25) is 0 Å². The third-order valence-electron chi connectivity index (χ3n) is 5.32. The lowest BCUT2D eigenvalue weighted by molar-refractivity contribution is -0.121. The third-order valence-corrected chi connectivity index (χ3v) is 6.20. The number of aryl methyl sites for hydroxylation is 1. The van der Waals surface area contributed by atoms with Crippen molar-refractivity contribution >= 4 is 28.3 Å². The summed E-state index contributed by atoms with van der Waals surface area (Å²) in [4.78, 5) is 24.1. The highest BCUT2D eigenvalue weighted by Crippen LogP contribution is 2.27. The number of carbonyl (C=O) groups excluding carboxylic acids is 1. The molecule has 27 heavy (non-hydrogen) atoms. The maximum absolute atomic E-state index is 12.1. The molecule has 0 radical (unpaired) electrons. The van der Waals surface area contributed by atoms with Gasteiger partial charge in [-0.15, -0.1) is 11.3 Å². The molecule has 1 aliphatic rings. The number of aromatic nitrogens is 2. The summed E-state index contributed by atoms with van der Waals surface area (Å²) in [7, 11) is 0. The number of thiophene rings is 1. The first-order chi connectivity index (χ1) is 13.2. The van der Waals surface area contributed by atoms with Crippen LogP contribution in [0.25, 0.3) is 11.0 Å². The molecule has 3 heterocycles. The van der Waals surface area contributed by atoms with Crippen LogP contribution in [0.3, 0.4) is 0 Å². The van der Waals surface area contributed by atoms with Gasteiger partial charge < -0.3 is 15.2 Å². The fourth-order valence-electron chi connectivity index (χ4n) is 3.82. The van der Waals surface area contributed by atoms with E-state index >= 15 is 0 Å². The van der Waals surface area contributed by atoms with Gasteiger partial charge in [-0.2, -0.15) is 0 Å². The molecule has 1 aromatic carbocycles. The van der Waals surface area contributed by atoms with Crippen molar-refractivity contribution < 1.29 is 4.79 Å². The molecule has 1 fully saturated rings. The maximum Gasteiger partial charge on any atom is 0.221 e. The average Bonchev–Trinajstić information content (AvgIpc) is 3.35. The highest BCUT2D eigenvalue weighted by atomic mass is 32.1. The number of amides is 1. The Labute approximate surface area is 163 Å². The highest BCUT2D eigenvalue weighted by Gasteiger charge is 2.24. The molecule has 4 rings (SSSR count). The summed E-state index contributed by atoms with van der Waals surface area (Å²) in [6.07, 6.45) is 2.86. The normalized spacial score (nSPS) is 18.0. The predicted molar refractivity (Wildman–Crippen MR) is 110 cm³/mol. The summed E-state index contributed by atoms with van der Waals surface area (Å²) in [5, 5.41) is 5.05. The number of likely N-dealkylation sites (tertiary alicyclic amines) is 1. The van der Waals surface area contributed by atoms with Gasteiger partial charge in [-0.05, 0) is 49.4 Å². The molecule has 0 bridgehead atoms. The Bertz CT molecular complexity index is 902. The van der Waals surface area contributed by atoms with Crippen LogP contribution in [0.4, 0.5) is 0 Å². The number of nitrogens with zero attached hydrogens (tertiary/aromatic N) is 2. The van der Waals surface area contributed by atoms with Gasteiger partial charge in [-0.3, -0.25) is 4.79 Å². The van der Waals surface area contributed by atoms with Crippen molar-refractivity contribution in [2.75, 3.05) is 19.6 Å². The largest absolute Gasteiger partial charge is 0.351 e. The van der Waals surface area contributed by atoms with Crippen LogP contribution in [-0.4, -0.2) is 40.4 Å². The van der Waals surface area contributed by atoms with Gasteiger partial charge in [0.2, 0.25) is 5.91 Å². The van der Waals surface area contributed by atoms with Crippen LogP contribution in [-0.2, 0) is 11.3 Å². The van der Waals surface area contributed by atoms with E-state index in [-0.39, 0.29) is 5.91 Å². The van der Waals surface area contributed by atoms with Crippen molar-refractivity contribution in [3.63, 3.8) is 0 Å². The maximum atomic E-state index is 12.1. The highest BCUT2D eigenvalue weighted by molar-refractivity contribution is 7.09. The number of hydrogen-bond acceptors (Lipinski definition) is 4. The SMILES string of the molecule is Cc1cccc2[nH]c(C3CCCN(CCC(=O)NCc4cccs4)C3)nc12. The van der Waals surface area contributed by atoms with Crippen molar-refractivity contribution in [2.45, 2.75) is 38.6 Å². The smallest absolute Gasteiger partial charge is 0.221 e. The molecular formula is C21H26N4OS. The number of piperidine rings is 1. The zero-order valence-electron chi connectivity index (χ0n) is 15.7. The van der Waals surface area contributed by atoms with Gasteiger partial charge in [-0.25, -0.2) is 4.98 Å². The summed E-state index contributed by atoms with van der Waals surface area (Å²) >= 11 is 1.68. The minimum atomic E-state index is 0.130. The summed E-state index contributed by atoms with van der Waals surface area (Å²) < 4.78 is 0. The minimum absolute atomic E-state index is 0.130. The molecule has 6 heteroatoms. The van der Waals surface area contributed by atoms with Gasteiger partial charge in [0, 0.05) is 30.3 Å². The molecule has 1 atom stereocenters. The molecule has 0 spiro atoms. The van der Waals surface area contributed by atoms with E-state index < -0.39 is 0 Å². The Morgan fingerprint density at radius 3 is 3.11 bits per heavy atom. The second kappa shape index (κ2) is 8.23. The van der Waals surface area contributed by atoms with Crippen molar-refractivity contribution in [1.29, 1.82) is 0 Å². The van der Waals surface area contributed by atoms with Crippen molar-refractivity contribution in [3.8, 4) is 0 Å². The number of aromatic amines is 1. The van der Waals surface area contributed by atoms with Crippen molar-refractivity contribution in [3.05, 3.63) is 52.0 Å². The monoisotopic (exact) mass is 382 g/mol. The van der Waals surface area contributed by atoms with Gasteiger partial charge in [0.25, 0.3) is 0 Å². The number of para-hydroxylation sites is 1. The molecule has 0 aliphatic carbocycles. The first kappa shape index (κ1) is 18.2. The van der Waals surface area contributed by atoms with Crippen molar-refractivity contribution in [1.82, 2.24) is 20.2 Å². The van der Waals surface area contributed by atoms with E-state index in [0.717, 1.165) is 49.3 Å². The second-order valence-electron chi connectivity index (χ2n) is 7.34. The molecule has 1 saturated heterocycles. The first-order valence-electron chi connectivity index (χ1n) is 9.66. The van der Waals surface area contributed by atoms with Crippen molar-refractivity contribution in [2.24, 2.45) is 0 Å². The standard InChI is InChI=1S/C21H26N4OS/c1-15-5-2-8-18-20(15)24-21(23-18)16-6-3-10-25(14-16)11-9-19(26)22-13-17-7-4-12-27-17/h2,4-5,7-8,12,16H,3,6,9-11,13-14H2,1H3,(H,22,26)(H,23,24). The number of imidazole rings is 1. The predicted octanol–water partition coefficient (Wildman–Crippen LogP) is 3.82. The molecule has 142 valence electrons. The summed E-state index contributed by atoms with van der Waals surface area (Å²) in [5.41, 5.74) is 3.41. The molecular weight excluding hydrogens is 356 g/mol. The van der Waals surface area contributed by atoms with Gasteiger partial charge in [0.05, 0.1) is 17.6 Å². The quantitative estimate of drug-likeness (QED) is 0.681.